The topological polar surface area (TPSA) is 49.4 Å². The molecule has 1 saturated heterocycles. The lowest BCUT2D eigenvalue weighted by Gasteiger charge is -2.37. The number of carbonyl (C=O) groups excluding carboxylic acids is 2. The van der Waals surface area contributed by atoms with Crippen LogP contribution in [-0.2, 0) is 9.59 Å². The van der Waals surface area contributed by atoms with Gasteiger partial charge < -0.3 is 5.32 Å². The van der Waals surface area contributed by atoms with Crippen molar-refractivity contribution in [2.75, 3.05) is 4.90 Å². The smallest absolute Gasteiger partial charge is 0.250 e. The van der Waals surface area contributed by atoms with Crippen LogP contribution in [-0.4, -0.2) is 23.9 Å². The molecular weight excluding hydrogens is 320 g/mol. The molecule has 20 heavy (non-hydrogen) atoms. The summed E-state index contributed by atoms with van der Waals surface area (Å²) in [5, 5.41) is 2.77. The highest BCUT2D eigenvalue weighted by Gasteiger charge is 2.38. The minimum absolute atomic E-state index is 0.0410. The third kappa shape index (κ3) is 2.46. The van der Waals surface area contributed by atoms with Crippen molar-refractivity contribution in [1.82, 2.24) is 5.32 Å². The third-order valence-electron chi connectivity index (χ3n) is 3.73. The second kappa shape index (κ2) is 5.56. The number of hydrogen-bond acceptors (Lipinski definition) is 2. The molecular formula is C15H19BrN2O2. The van der Waals surface area contributed by atoms with E-state index in [0.29, 0.717) is 6.42 Å². The first-order valence-corrected chi connectivity index (χ1v) is 7.56. The fourth-order valence-corrected chi connectivity index (χ4v) is 2.75. The lowest BCUT2D eigenvalue weighted by Crippen LogP contribution is -2.62. The largest absolute Gasteiger partial charge is 0.343 e. The Balaban J connectivity index is 2.48. The Morgan fingerprint density at radius 2 is 1.80 bits per heavy atom. The molecule has 0 saturated carbocycles. The number of nitrogens with one attached hydrogen (secondary N) is 1. The molecule has 1 aliphatic rings. The van der Waals surface area contributed by atoms with Crippen LogP contribution in [0.2, 0.25) is 0 Å². The van der Waals surface area contributed by atoms with Crippen molar-refractivity contribution >= 4 is 33.4 Å². The number of piperazine rings is 1. The van der Waals surface area contributed by atoms with Gasteiger partial charge in [0.05, 0.1) is 0 Å². The Bertz CT molecular complexity index is 548. The van der Waals surface area contributed by atoms with Gasteiger partial charge in [0, 0.05) is 10.2 Å². The highest BCUT2D eigenvalue weighted by atomic mass is 79.9. The van der Waals surface area contributed by atoms with Crippen LogP contribution in [0.25, 0.3) is 0 Å². The van der Waals surface area contributed by atoms with E-state index < -0.39 is 12.1 Å². The zero-order chi connectivity index (χ0) is 15.0. The Hall–Kier alpha value is -1.36. The average Bonchev–Trinajstić information content (AvgIpc) is 2.40. The number of amides is 2. The summed E-state index contributed by atoms with van der Waals surface area (Å²) < 4.78 is 1.04. The van der Waals surface area contributed by atoms with Crippen molar-refractivity contribution in [3.8, 4) is 0 Å². The maximum Gasteiger partial charge on any atom is 0.250 e. The van der Waals surface area contributed by atoms with Crippen molar-refractivity contribution in [2.45, 2.75) is 46.2 Å². The maximum atomic E-state index is 12.5. The summed E-state index contributed by atoms with van der Waals surface area (Å²) in [5.74, 6) is -0.143. The molecule has 1 N–H and O–H groups in total. The van der Waals surface area contributed by atoms with E-state index >= 15 is 0 Å². The molecule has 2 atom stereocenters. The van der Waals surface area contributed by atoms with Gasteiger partial charge in [0.2, 0.25) is 11.8 Å². The molecule has 0 spiro atoms. The summed E-state index contributed by atoms with van der Waals surface area (Å²) >= 11 is 3.52. The van der Waals surface area contributed by atoms with Gasteiger partial charge in [0.1, 0.15) is 12.1 Å². The summed E-state index contributed by atoms with van der Waals surface area (Å²) in [6.45, 7) is 7.62. The van der Waals surface area contributed by atoms with Crippen LogP contribution in [0.5, 0.6) is 0 Å². The van der Waals surface area contributed by atoms with Crippen molar-refractivity contribution in [2.24, 2.45) is 0 Å². The molecule has 2 unspecified atom stereocenters. The molecule has 1 aromatic rings. The highest BCUT2D eigenvalue weighted by Crippen LogP contribution is 2.30. The average molecular weight is 339 g/mol. The van der Waals surface area contributed by atoms with Crippen LogP contribution >= 0.6 is 15.9 Å². The van der Waals surface area contributed by atoms with Gasteiger partial charge in [-0.15, -0.1) is 0 Å². The Morgan fingerprint density at radius 3 is 2.30 bits per heavy atom. The Labute approximate surface area is 127 Å². The van der Waals surface area contributed by atoms with Gasteiger partial charge in [-0.3, -0.25) is 14.5 Å². The van der Waals surface area contributed by atoms with E-state index in [1.807, 2.05) is 32.9 Å². The number of aryl methyl sites for hydroxylation is 2. The van der Waals surface area contributed by atoms with E-state index in [1.54, 1.807) is 11.8 Å². The number of anilines is 1. The summed E-state index contributed by atoms with van der Waals surface area (Å²) in [6, 6.07) is 2.97. The summed E-state index contributed by atoms with van der Waals surface area (Å²) in [6.07, 6.45) is 0.599. The van der Waals surface area contributed by atoms with Gasteiger partial charge in [-0.2, -0.15) is 0 Å². The summed E-state index contributed by atoms with van der Waals surface area (Å²) in [5.41, 5.74) is 2.90. The van der Waals surface area contributed by atoms with Crippen LogP contribution in [0.15, 0.2) is 16.6 Å². The third-order valence-corrected chi connectivity index (χ3v) is 4.98. The second-order valence-electron chi connectivity index (χ2n) is 5.25. The molecule has 4 nitrogen and oxygen atoms in total. The fourth-order valence-electron chi connectivity index (χ4n) is 2.52. The predicted octanol–water partition coefficient (Wildman–Crippen LogP) is 2.70. The van der Waals surface area contributed by atoms with E-state index in [4.69, 9.17) is 0 Å². The maximum absolute atomic E-state index is 12.5. The first-order valence-electron chi connectivity index (χ1n) is 6.77. The van der Waals surface area contributed by atoms with Crippen LogP contribution < -0.4 is 10.2 Å². The Morgan fingerprint density at radius 1 is 1.25 bits per heavy atom. The van der Waals surface area contributed by atoms with Gasteiger partial charge in [0.25, 0.3) is 0 Å². The van der Waals surface area contributed by atoms with E-state index in [0.717, 1.165) is 21.3 Å². The van der Waals surface area contributed by atoms with Crippen LogP contribution in [0.4, 0.5) is 5.69 Å². The normalized spacial score (nSPS) is 22.9. The lowest BCUT2D eigenvalue weighted by molar-refractivity contribution is -0.133. The van der Waals surface area contributed by atoms with Gasteiger partial charge in [-0.1, -0.05) is 22.9 Å². The molecule has 1 aromatic carbocycles. The molecule has 1 heterocycles. The monoisotopic (exact) mass is 338 g/mol. The van der Waals surface area contributed by atoms with Gasteiger partial charge in [0.15, 0.2) is 0 Å². The molecule has 108 valence electrons. The zero-order valence-electron chi connectivity index (χ0n) is 12.2. The zero-order valence-corrected chi connectivity index (χ0v) is 13.7. The number of carbonyl (C=O) groups is 2. The molecule has 0 bridgehead atoms. The standard InChI is InChI=1S/C15H19BrN2O2/c1-5-12-15(20)18(10(4)14(19)17-12)11-6-8(2)13(16)9(3)7-11/h6-7,10,12H,5H2,1-4H3,(H,17,19). The van der Waals surface area contributed by atoms with E-state index in [-0.39, 0.29) is 11.8 Å². The van der Waals surface area contributed by atoms with Crippen molar-refractivity contribution < 1.29 is 9.59 Å². The molecule has 0 aromatic heterocycles. The number of benzene rings is 1. The molecule has 0 radical (unpaired) electrons. The van der Waals surface area contributed by atoms with Gasteiger partial charge in [-0.25, -0.2) is 0 Å². The molecule has 1 fully saturated rings. The molecule has 2 amide bonds. The minimum atomic E-state index is -0.481. The summed E-state index contributed by atoms with van der Waals surface area (Å²) in [4.78, 5) is 26.1. The van der Waals surface area contributed by atoms with Crippen LogP contribution in [0, 0.1) is 13.8 Å². The number of halogens is 1. The van der Waals surface area contributed by atoms with Crippen molar-refractivity contribution in [3.05, 3.63) is 27.7 Å². The van der Waals surface area contributed by atoms with Gasteiger partial charge >= 0.3 is 0 Å². The number of hydrogen-bond donors (Lipinski definition) is 1. The SMILES string of the molecule is CCC1NC(=O)C(C)N(c2cc(C)c(Br)c(C)c2)C1=O. The first-order chi connectivity index (χ1) is 9.36. The van der Waals surface area contributed by atoms with Crippen LogP contribution in [0.3, 0.4) is 0 Å². The van der Waals surface area contributed by atoms with E-state index in [1.165, 1.54) is 0 Å². The van der Waals surface area contributed by atoms with E-state index in [9.17, 15) is 9.59 Å². The quantitative estimate of drug-likeness (QED) is 0.901. The van der Waals surface area contributed by atoms with Crippen molar-refractivity contribution in [1.29, 1.82) is 0 Å². The van der Waals surface area contributed by atoms with E-state index in [2.05, 4.69) is 21.2 Å². The second-order valence-corrected chi connectivity index (χ2v) is 6.04. The Kier molecular flexibility index (Phi) is 4.18. The van der Waals surface area contributed by atoms with Crippen molar-refractivity contribution in [3.63, 3.8) is 0 Å². The molecule has 5 heteroatoms. The fraction of sp³-hybridized carbons (Fsp3) is 0.467. The summed E-state index contributed by atoms with van der Waals surface area (Å²) in [7, 11) is 0. The first kappa shape index (κ1) is 15.0. The minimum Gasteiger partial charge on any atom is -0.343 e. The molecule has 1 aliphatic heterocycles. The lowest BCUT2D eigenvalue weighted by atomic mass is 10.0. The number of nitrogens with zero attached hydrogens (tertiary/aromatic N) is 1. The highest BCUT2D eigenvalue weighted by molar-refractivity contribution is 9.10. The predicted molar refractivity (Wildman–Crippen MR) is 82.8 cm³/mol. The number of rotatable bonds is 2. The molecule has 2 rings (SSSR count). The van der Waals surface area contributed by atoms with Gasteiger partial charge in [-0.05, 0) is 50.5 Å². The molecule has 0 aliphatic carbocycles. The van der Waals surface area contributed by atoms with Crippen LogP contribution in [0.1, 0.15) is 31.4 Å².